The predicted octanol–water partition coefficient (Wildman–Crippen LogP) is -1.41. The van der Waals surface area contributed by atoms with Gasteiger partial charge in [-0.3, -0.25) is 44.0 Å². The fourth-order valence-corrected chi connectivity index (χ4v) is 10.7. The van der Waals surface area contributed by atoms with Crippen molar-refractivity contribution in [3.63, 3.8) is 0 Å². The molecule has 1 aromatic heterocycles. The molecule has 3 aliphatic heterocycles. The Morgan fingerprint density at radius 3 is 2.10 bits per heavy atom. The molecule has 0 bridgehead atoms. The molecule has 2 saturated heterocycles. The Morgan fingerprint density at radius 2 is 1.41 bits per heavy atom. The van der Waals surface area contributed by atoms with Gasteiger partial charge in [0.15, 0.2) is 5.96 Å². The Morgan fingerprint density at radius 1 is 0.761 bits per heavy atom. The summed E-state index contributed by atoms with van der Waals surface area (Å²) in [6.45, 7) is 3.98. The van der Waals surface area contributed by atoms with Gasteiger partial charge in [0, 0.05) is 66.6 Å². The van der Waals surface area contributed by atoms with Crippen molar-refractivity contribution in [1.82, 2.24) is 57.7 Å². The van der Waals surface area contributed by atoms with E-state index in [2.05, 4.69) is 57.8 Å². The highest BCUT2D eigenvalue weighted by Gasteiger charge is 2.39. The van der Waals surface area contributed by atoms with Crippen LogP contribution in [0.2, 0.25) is 0 Å². The molecule has 0 aliphatic carbocycles. The molecule has 9 amide bonds. The van der Waals surface area contributed by atoms with Crippen molar-refractivity contribution in [2.45, 2.75) is 107 Å². The maximum Gasteiger partial charge on any atom is 0.318 e. The van der Waals surface area contributed by atoms with Crippen molar-refractivity contribution < 1.29 is 38.4 Å². The maximum absolute atomic E-state index is 14.6. The minimum Gasteiger partial charge on any atom is -0.372 e. The van der Waals surface area contributed by atoms with Gasteiger partial charge in [-0.1, -0.05) is 77.0 Å². The summed E-state index contributed by atoms with van der Waals surface area (Å²) in [4.78, 5) is 121. The number of hydrogen-bond acceptors (Lipinski definition) is 13. The molecule has 2 aromatic carbocycles. The van der Waals surface area contributed by atoms with Gasteiger partial charge < -0.3 is 69.2 Å². The van der Waals surface area contributed by atoms with Crippen LogP contribution in [0, 0.1) is 5.41 Å². The van der Waals surface area contributed by atoms with E-state index in [4.69, 9.17) is 16.9 Å². The molecule has 1 unspecified atom stereocenters. The lowest BCUT2D eigenvalue weighted by Gasteiger charge is -2.29. The van der Waals surface area contributed by atoms with E-state index in [0.717, 1.165) is 32.5 Å². The standard InChI is InChI=1S/C46H63N15O8S2/c1-3-28-21-61(46(69)55-28)37-23-71-70-22-36(38(47)62)60-42(66)34(17-27-19-52-31-13-8-7-12-30(27)31)59-40(64)32(14-9-15-51-45(48)49)56-41(65)33(16-26-10-5-4-6-11-26)58-43(67)35(18-29-20-50-24-53-29)57-39(63)25(2)54-44(37)68/h4-8,10-13,19,24-25,28-29,32-37,52H,3,9,14-18,20-23H2,1-2H3,(H2,47,62)(H,50,53)(H,54,68)(H,55,69)(H,56,65)(H,57,63)(H,58,67)(H,59,64)(H,60,66)(H4,48,49,51)/t25-,28+,29?,32+,33-,34+,35+,36+,37+/m1/s1. The molecule has 4 heterocycles. The third kappa shape index (κ3) is 15.2. The van der Waals surface area contributed by atoms with Crippen LogP contribution >= 0.6 is 21.6 Å². The van der Waals surface area contributed by atoms with Gasteiger partial charge in [0.1, 0.15) is 42.3 Å². The van der Waals surface area contributed by atoms with Crippen LogP contribution in [0.3, 0.4) is 0 Å². The number of primary amides is 1. The molecule has 23 nitrogen and oxygen atoms in total. The highest BCUT2D eigenvalue weighted by Crippen LogP contribution is 2.27. The summed E-state index contributed by atoms with van der Waals surface area (Å²) in [5, 5.41) is 33.5. The number of nitrogens with zero attached hydrogens (tertiary/aromatic N) is 2. The number of fused-ring (bicyclic) bond motifs is 1. The molecular weight excluding hydrogens is 955 g/mol. The maximum atomic E-state index is 14.6. The molecule has 25 heteroatoms. The molecule has 0 radical (unpaired) electrons. The van der Waals surface area contributed by atoms with Gasteiger partial charge in [-0.15, -0.1) is 0 Å². The van der Waals surface area contributed by atoms with Crippen LogP contribution in [0.25, 0.3) is 10.9 Å². The number of nitrogens with one attached hydrogen (secondary N) is 11. The Labute approximate surface area is 418 Å². The van der Waals surface area contributed by atoms with E-state index in [1.54, 1.807) is 36.5 Å². The highest BCUT2D eigenvalue weighted by atomic mass is 33.1. The van der Waals surface area contributed by atoms with Gasteiger partial charge in [-0.05, 0) is 49.8 Å². The van der Waals surface area contributed by atoms with Crippen LogP contribution in [0.4, 0.5) is 4.79 Å². The van der Waals surface area contributed by atoms with Crippen LogP contribution in [-0.4, -0.2) is 155 Å². The number of carbonyl (C=O) groups is 8. The Kier molecular flexibility index (Phi) is 19.3. The fraction of sp³-hybridized carbons (Fsp3) is 0.478. The number of amides is 9. The summed E-state index contributed by atoms with van der Waals surface area (Å²) < 4.78 is 0. The third-order valence-corrected chi connectivity index (χ3v) is 14.7. The summed E-state index contributed by atoms with van der Waals surface area (Å²) in [5.41, 5.74) is 13.5. The van der Waals surface area contributed by atoms with Crippen LogP contribution in [0.15, 0.2) is 65.8 Å². The van der Waals surface area contributed by atoms with Crippen molar-refractivity contribution in [2.75, 3.05) is 31.1 Å². The van der Waals surface area contributed by atoms with E-state index in [1.165, 1.54) is 18.2 Å². The monoisotopic (exact) mass is 1020 g/mol. The lowest BCUT2D eigenvalue weighted by Crippen LogP contribution is -2.61. The van der Waals surface area contributed by atoms with Crippen molar-refractivity contribution >= 4 is 92.2 Å². The first-order valence-corrected chi connectivity index (χ1v) is 25.9. The number of urea groups is 1. The summed E-state index contributed by atoms with van der Waals surface area (Å²) in [6.07, 6.45) is 3.91. The van der Waals surface area contributed by atoms with E-state index < -0.39 is 89.7 Å². The van der Waals surface area contributed by atoms with Crippen molar-refractivity contribution in [2.24, 2.45) is 16.5 Å². The molecule has 3 aromatic rings. The average molecular weight is 1020 g/mol. The zero-order valence-corrected chi connectivity index (χ0v) is 41.1. The zero-order valence-electron chi connectivity index (χ0n) is 39.5. The molecule has 382 valence electrons. The largest absolute Gasteiger partial charge is 0.372 e. The van der Waals surface area contributed by atoms with Gasteiger partial charge in [-0.25, -0.2) is 4.79 Å². The van der Waals surface area contributed by atoms with E-state index in [-0.39, 0.29) is 74.7 Å². The number of nitrogens with two attached hydrogens (primary N) is 2. The molecular formula is C46H63N15O8S2. The second kappa shape index (κ2) is 25.7. The van der Waals surface area contributed by atoms with E-state index >= 15 is 0 Å². The van der Waals surface area contributed by atoms with Gasteiger partial charge in [0.25, 0.3) is 0 Å². The van der Waals surface area contributed by atoms with Crippen molar-refractivity contribution in [3.8, 4) is 0 Å². The number of aromatic nitrogens is 1. The average Bonchev–Trinajstić information content (AvgIpc) is 4.11. The molecule has 71 heavy (non-hydrogen) atoms. The lowest BCUT2D eigenvalue weighted by molar-refractivity contribution is -0.135. The van der Waals surface area contributed by atoms with E-state index in [1.807, 2.05) is 31.2 Å². The lowest BCUT2D eigenvalue weighted by atomic mass is 10.0. The molecule has 6 rings (SSSR count). The number of benzene rings is 2. The summed E-state index contributed by atoms with van der Waals surface area (Å²) >= 11 is 0. The molecule has 0 spiro atoms. The Balaban J connectivity index is 1.37. The second-order valence-corrected chi connectivity index (χ2v) is 20.1. The third-order valence-electron chi connectivity index (χ3n) is 12.3. The van der Waals surface area contributed by atoms with Gasteiger partial charge in [-0.2, -0.15) is 0 Å². The smallest absolute Gasteiger partial charge is 0.318 e. The number of guanidine groups is 1. The van der Waals surface area contributed by atoms with E-state index in [9.17, 15) is 38.4 Å². The molecule has 2 fully saturated rings. The molecule has 0 saturated carbocycles. The number of H-pyrrole nitrogens is 1. The van der Waals surface area contributed by atoms with Crippen molar-refractivity contribution in [1.29, 1.82) is 5.41 Å². The minimum absolute atomic E-state index is 0.00109. The number of hydrogen-bond donors (Lipinski definition) is 13. The first-order chi connectivity index (χ1) is 34.1. The summed E-state index contributed by atoms with van der Waals surface area (Å²) in [6, 6.07) is 6.30. The van der Waals surface area contributed by atoms with E-state index in [0.29, 0.717) is 24.1 Å². The van der Waals surface area contributed by atoms with Crippen LogP contribution < -0.4 is 59.3 Å². The number of aliphatic imine (C=N–C) groups is 1. The second-order valence-electron chi connectivity index (χ2n) is 17.6. The normalized spacial score (nSPS) is 26.5. The molecule has 3 aliphatic rings. The fourth-order valence-electron chi connectivity index (χ4n) is 8.25. The van der Waals surface area contributed by atoms with Gasteiger partial charge in [0.05, 0.1) is 12.9 Å². The van der Waals surface area contributed by atoms with Crippen LogP contribution in [0.5, 0.6) is 0 Å². The number of para-hydroxylation sites is 1. The summed E-state index contributed by atoms with van der Waals surface area (Å²) in [7, 11) is 2.26. The first-order valence-electron chi connectivity index (χ1n) is 23.4. The van der Waals surface area contributed by atoms with Gasteiger partial charge in [0.2, 0.25) is 41.4 Å². The molecule has 9 atom stereocenters. The number of carbonyl (C=O) groups excluding carboxylic acids is 8. The Bertz CT molecular complexity index is 2430. The van der Waals surface area contributed by atoms with Crippen molar-refractivity contribution in [3.05, 3.63) is 71.9 Å². The highest BCUT2D eigenvalue weighted by molar-refractivity contribution is 8.76. The summed E-state index contributed by atoms with van der Waals surface area (Å²) in [5.74, 6) is -5.68. The predicted molar refractivity (Wildman–Crippen MR) is 271 cm³/mol. The minimum atomic E-state index is -1.33. The van der Waals surface area contributed by atoms with Crippen LogP contribution in [-0.2, 0) is 46.4 Å². The number of aromatic amines is 1. The SMILES string of the molecule is CC[C@H]1CN([C@H]2CSSC[C@@H](C(N)=O)NC(=O)[C@H](Cc3c[nH]c4ccccc34)NC(=O)[C@H](CCCNC(=N)N)NC(=O)[C@@H](Cc3ccccc3)NC(=O)[C@H](CC3CN=CN3)NC(=O)[C@@H](C)NC2=O)C(=O)N1. The quantitative estimate of drug-likeness (QED) is 0.0406. The molecule has 15 N–H and O–H groups in total. The van der Waals surface area contributed by atoms with Gasteiger partial charge >= 0.3 is 6.03 Å². The first kappa shape index (κ1) is 53.3. The zero-order chi connectivity index (χ0) is 51.0. The number of rotatable bonds is 13. The van der Waals surface area contributed by atoms with Crippen LogP contribution in [0.1, 0.15) is 50.7 Å². The topological polar surface area (TPSA) is 352 Å². The Hall–Kier alpha value is -7.02.